The maximum atomic E-state index is 13.1. The Balaban J connectivity index is 1.79. The monoisotopic (exact) mass is 425 g/mol. The van der Waals surface area contributed by atoms with Gasteiger partial charge in [0.2, 0.25) is 0 Å². The number of pyridine rings is 1. The maximum absolute atomic E-state index is 13.1. The Morgan fingerprint density at radius 3 is 2.53 bits per heavy atom. The number of benzene rings is 1. The Morgan fingerprint density at radius 2 is 1.90 bits per heavy atom. The highest BCUT2D eigenvalue weighted by Crippen LogP contribution is 2.33. The molecule has 0 fully saturated rings. The fraction of sp³-hybridized carbons (Fsp3) is 0.238. The van der Waals surface area contributed by atoms with Gasteiger partial charge in [0.05, 0.1) is 29.9 Å². The van der Waals surface area contributed by atoms with E-state index in [1.54, 1.807) is 37.7 Å². The number of methoxy groups -OCH3 is 1. The van der Waals surface area contributed by atoms with E-state index in [4.69, 9.17) is 9.72 Å². The average molecular weight is 426 g/mol. The zero-order valence-corrected chi connectivity index (χ0v) is 18.3. The largest absolute Gasteiger partial charge is 0.495 e. The van der Waals surface area contributed by atoms with Gasteiger partial charge in [-0.2, -0.15) is 5.10 Å². The molecule has 0 saturated carbocycles. The van der Waals surface area contributed by atoms with Crippen LogP contribution in [0, 0.1) is 20.8 Å². The minimum absolute atomic E-state index is 0.167. The highest BCUT2D eigenvalue weighted by Gasteiger charge is 2.25. The number of ether oxygens (including phenoxy) is 1. The van der Waals surface area contributed by atoms with Gasteiger partial charge in [-0.1, -0.05) is 6.07 Å². The molecule has 8 nitrogen and oxygen atoms in total. The Hall–Kier alpha value is -3.33. The van der Waals surface area contributed by atoms with Crippen LogP contribution in [0.1, 0.15) is 17.0 Å². The summed E-state index contributed by atoms with van der Waals surface area (Å²) in [4.78, 5) is 4.86. The van der Waals surface area contributed by atoms with Crippen LogP contribution in [0.25, 0.3) is 16.9 Å². The molecule has 9 heteroatoms. The molecular weight excluding hydrogens is 402 g/mol. The van der Waals surface area contributed by atoms with Crippen LogP contribution in [-0.2, 0) is 17.1 Å². The normalized spacial score (nSPS) is 11.8. The van der Waals surface area contributed by atoms with Gasteiger partial charge >= 0.3 is 0 Å². The third kappa shape index (κ3) is 3.30. The van der Waals surface area contributed by atoms with Crippen LogP contribution < -0.4 is 9.46 Å². The molecule has 3 heterocycles. The van der Waals surface area contributed by atoms with E-state index >= 15 is 0 Å². The lowest BCUT2D eigenvalue weighted by atomic mass is 10.1. The molecule has 0 atom stereocenters. The number of nitrogens with one attached hydrogen (secondary N) is 1. The van der Waals surface area contributed by atoms with Crippen LogP contribution in [0.15, 0.2) is 47.6 Å². The van der Waals surface area contributed by atoms with Crippen LogP contribution >= 0.6 is 0 Å². The summed E-state index contributed by atoms with van der Waals surface area (Å²) < 4.78 is 37.8. The number of nitrogens with zero attached hydrogens (tertiary/aromatic N) is 4. The minimum Gasteiger partial charge on any atom is -0.495 e. The van der Waals surface area contributed by atoms with Crippen molar-refractivity contribution < 1.29 is 13.2 Å². The summed E-state index contributed by atoms with van der Waals surface area (Å²) in [6.45, 7) is 5.40. The molecule has 0 aliphatic rings. The van der Waals surface area contributed by atoms with E-state index in [0.717, 1.165) is 22.5 Å². The number of aromatic nitrogens is 4. The summed E-state index contributed by atoms with van der Waals surface area (Å²) >= 11 is 0. The lowest BCUT2D eigenvalue weighted by molar-refractivity contribution is 0.417. The summed E-state index contributed by atoms with van der Waals surface area (Å²) in [5.74, 6) is 0.418. The Kier molecular flexibility index (Phi) is 4.77. The van der Waals surface area contributed by atoms with E-state index in [2.05, 4.69) is 9.82 Å². The van der Waals surface area contributed by atoms with Crippen molar-refractivity contribution >= 4 is 21.4 Å². The standard InChI is InChI=1S/C21H23N5O3S/c1-13-7-6-10-26-12-18(22-21(13)26)16-8-9-19(29-5)17(11-16)24-30(27,28)20-14(2)23-25(4)15(20)3/h6-12,24H,1-5H3. The third-order valence-corrected chi connectivity index (χ3v) is 6.75. The molecule has 0 aliphatic carbocycles. The number of sulfonamides is 1. The molecule has 30 heavy (non-hydrogen) atoms. The fourth-order valence-electron chi connectivity index (χ4n) is 3.58. The number of fused-ring (bicyclic) bond motifs is 1. The Labute approximate surface area is 175 Å². The van der Waals surface area contributed by atoms with Gasteiger partial charge in [0.1, 0.15) is 16.3 Å². The Morgan fingerprint density at radius 1 is 1.13 bits per heavy atom. The van der Waals surface area contributed by atoms with E-state index in [-0.39, 0.29) is 4.90 Å². The highest BCUT2D eigenvalue weighted by atomic mass is 32.2. The molecule has 1 N–H and O–H groups in total. The molecule has 0 amide bonds. The van der Waals surface area contributed by atoms with Crippen LogP contribution in [0.3, 0.4) is 0 Å². The van der Waals surface area contributed by atoms with Crippen LogP contribution in [0.5, 0.6) is 5.75 Å². The second-order valence-corrected chi connectivity index (χ2v) is 8.81. The molecule has 4 aromatic rings. The van der Waals surface area contributed by atoms with Gasteiger partial charge in [0, 0.05) is 25.0 Å². The topological polar surface area (TPSA) is 90.5 Å². The van der Waals surface area contributed by atoms with Gasteiger partial charge in [0.15, 0.2) is 0 Å². The zero-order valence-electron chi connectivity index (χ0n) is 17.5. The first-order chi connectivity index (χ1) is 14.2. The van der Waals surface area contributed by atoms with Crippen LogP contribution in [0.2, 0.25) is 0 Å². The minimum atomic E-state index is -3.86. The van der Waals surface area contributed by atoms with Crippen LogP contribution in [0.4, 0.5) is 5.69 Å². The molecule has 0 aliphatic heterocycles. The first-order valence-corrected chi connectivity index (χ1v) is 10.9. The molecule has 1 aromatic carbocycles. The molecule has 0 saturated heterocycles. The first kappa shape index (κ1) is 20.0. The predicted octanol–water partition coefficient (Wildman–Crippen LogP) is 3.47. The number of aryl methyl sites for hydroxylation is 3. The van der Waals surface area contributed by atoms with E-state index in [1.165, 1.54) is 7.11 Å². The summed E-state index contributed by atoms with van der Waals surface area (Å²) in [5, 5.41) is 4.21. The summed E-state index contributed by atoms with van der Waals surface area (Å²) in [6.07, 6.45) is 3.85. The number of anilines is 1. The van der Waals surface area contributed by atoms with Crippen molar-refractivity contribution in [3.63, 3.8) is 0 Å². The van der Waals surface area contributed by atoms with Crippen molar-refractivity contribution in [1.29, 1.82) is 0 Å². The summed E-state index contributed by atoms with van der Waals surface area (Å²) in [5.41, 5.74) is 4.76. The molecule has 0 spiro atoms. The molecule has 0 radical (unpaired) electrons. The lowest BCUT2D eigenvalue weighted by Gasteiger charge is -2.13. The average Bonchev–Trinajstić information content (AvgIpc) is 3.23. The van der Waals surface area contributed by atoms with E-state index in [0.29, 0.717) is 22.8 Å². The van der Waals surface area contributed by atoms with Crippen molar-refractivity contribution in [3.05, 3.63) is 59.7 Å². The van der Waals surface area contributed by atoms with Gasteiger partial charge in [-0.05, 0) is 50.6 Å². The Bertz CT molecular complexity index is 1370. The molecule has 156 valence electrons. The molecule has 3 aromatic heterocycles. The van der Waals surface area contributed by atoms with Gasteiger partial charge in [-0.25, -0.2) is 13.4 Å². The number of imidazole rings is 1. The second kappa shape index (κ2) is 7.17. The number of hydrogen-bond acceptors (Lipinski definition) is 5. The lowest BCUT2D eigenvalue weighted by Crippen LogP contribution is -2.15. The first-order valence-electron chi connectivity index (χ1n) is 9.37. The molecule has 0 unspecified atom stereocenters. The van der Waals surface area contributed by atoms with Crippen molar-refractivity contribution in [2.75, 3.05) is 11.8 Å². The summed E-state index contributed by atoms with van der Waals surface area (Å²) in [7, 11) is -0.638. The quantitative estimate of drug-likeness (QED) is 0.529. The van der Waals surface area contributed by atoms with Gasteiger partial charge < -0.3 is 9.14 Å². The SMILES string of the molecule is COc1ccc(-c2cn3cccc(C)c3n2)cc1NS(=O)(=O)c1c(C)nn(C)c1C. The van der Waals surface area contributed by atoms with E-state index in [9.17, 15) is 8.42 Å². The van der Waals surface area contributed by atoms with Crippen molar-refractivity contribution in [3.8, 4) is 17.0 Å². The molecule has 0 bridgehead atoms. The van der Waals surface area contributed by atoms with Crippen molar-refractivity contribution in [2.24, 2.45) is 7.05 Å². The van der Waals surface area contributed by atoms with Crippen LogP contribution in [-0.4, -0.2) is 34.7 Å². The summed E-state index contributed by atoms with van der Waals surface area (Å²) in [6, 6.07) is 9.27. The number of rotatable bonds is 5. The molecule has 4 rings (SSSR count). The fourth-order valence-corrected chi connectivity index (χ4v) is 5.08. The molecular formula is C21H23N5O3S. The maximum Gasteiger partial charge on any atom is 0.265 e. The van der Waals surface area contributed by atoms with Crippen molar-refractivity contribution in [1.82, 2.24) is 19.2 Å². The van der Waals surface area contributed by atoms with E-state index < -0.39 is 10.0 Å². The van der Waals surface area contributed by atoms with Gasteiger partial charge in [0.25, 0.3) is 10.0 Å². The van der Waals surface area contributed by atoms with Gasteiger partial charge in [-0.3, -0.25) is 9.40 Å². The van der Waals surface area contributed by atoms with E-state index in [1.807, 2.05) is 41.9 Å². The third-order valence-electron chi connectivity index (χ3n) is 5.13. The predicted molar refractivity (Wildman–Crippen MR) is 115 cm³/mol. The second-order valence-electron chi connectivity index (χ2n) is 7.19. The smallest absolute Gasteiger partial charge is 0.265 e. The highest BCUT2D eigenvalue weighted by molar-refractivity contribution is 7.92. The van der Waals surface area contributed by atoms with Crippen molar-refractivity contribution in [2.45, 2.75) is 25.7 Å². The van der Waals surface area contributed by atoms with Gasteiger partial charge in [-0.15, -0.1) is 0 Å². The zero-order chi connectivity index (χ0) is 21.6. The number of hydrogen-bond donors (Lipinski definition) is 1.